The lowest BCUT2D eigenvalue weighted by molar-refractivity contribution is -0.130. The number of esters is 1. The first-order valence-corrected chi connectivity index (χ1v) is 4.93. The van der Waals surface area contributed by atoms with Crippen LogP contribution >= 0.6 is 0 Å². The Morgan fingerprint density at radius 2 is 1.94 bits per heavy atom. The SMILES string of the molecule is O=C1OC(c2ccco2)=N/C1=C\c1ccco1. The summed E-state index contributed by atoms with van der Waals surface area (Å²) in [6.07, 6.45) is 4.52. The summed E-state index contributed by atoms with van der Waals surface area (Å²) >= 11 is 0. The number of nitrogens with zero attached hydrogens (tertiary/aromatic N) is 1. The number of carbonyl (C=O) groups excluding carboxylic acids is 1. The Hall–Kier alpha value is -2.56. The maximum atomic E-state index is 11.5. The van der Waals surface area contributed by atoms with Gasteiger partial charge in [0.2, 0.25) is 0 Å². The summed E-state index contributed by atoms with van der Waals surface area (Å²) < 4.78 is 15.2. The van der Waals surface area contributed by atoms with Gasteiger partial charge in [-0.15, -0.1) is 0 Å². The molecular weight excluding hydrogens is 222 g/mol. The van der Waals surface area contributed by atoms with E-state index >= 15 is 0 Å². The molecule has 2 aromatic rings. The molecule has 0 saturated carbocycles. The average Bonchev–Trinajstić information content (AvgIpc) is 3.02. The van der Waals surface area contributed by atoms with E-state index in [0.29, 0.717) is 11.5 Å². The molecule has 2 aromatic heterocycles. The molecule has 0 fully saturated rings. The van der Waals surface area contributed by atoms with Crippen LogP contribution in [-0.2, 0) is 9.53 Å². The van der Waals surface area contributed by atoms with E-state index in [1.54, 1.807) is 24.3 Å². The van der Waals surface area contributed by atoms with Crippen LogP contribution < -0.4 is 0 Å². The summed E-state index contributed by atoms with van der Waals surface area (Å²) in [4.78, 5) is 15.6. The van der Waals surface area contributed by atoms with Gasteiger partial charge in [-0.1, -0.05) is 0 Å². The fourth-order valence-corrected chi connectivity index (χ4v) is 1.42. The Morgan fingerprint density at radius 3 is 2.65 bits per heavy atom. The van der Waals surface area contributed by atoms with Crippen molar-refractivity contribution in [1.82, 2.24) is 0 Å². The van der Waals surface area contributed by atoms with Crippen molar-refractivity contribution in [3.05, 3.63) is 54.0 Å². The van der Waals surface area contributed by atoms with Crippen molar-refractivity contribution in [2.24, 2.45) is 4.99 Å². The minimum Gasteiger partial charge on any atom is -0.465 e. The normalized spacial score (nSPS) is 17.3. The highest BCUT2D eigenvalue weighted by Crippen LogP contribution is 2.19. The van der Waals surface area contributed by atoms with Crippen molar-refractivity contribution in [3.8, 4) is 0 Å². The van der Waals surface area contributed by atoms with Crippen molar-refractivity contribution in [3.63, 3.8) is 0 Å². The first-order chi connectivity index (χ1) is 8.33. The summed E-state index contributed by atoms with van der Waals surface area (Å²) in [7, 11) is 0. The molecule has 0 amide bonds. The molecule has 3 heterocycles. The molecular formula is C12H7NO4. The lowest BCUT2D eigenvalue weighted by atomic mass is 10.3. The average molecular weight is 229 g/mol. The minimum absolute atomic E-state index is 0.165. The molecule has 0 aromatic carbocycles. The van der Waals surface area contributed by atoms with Crippen LogP contribution in [0.15, 0.2) is 56.3 Å². The number of carbonyl (C=O) groups is 1. The zero-order chi connectivity index (χ0) is 11.7. The largest absolute Gasteiger partial charge is 0.465 e. The van der Waals surface area contributed by atoms with Crippen LogP contribution in [0.1, 0.15) is 11.5 Å². The molecule has 0 spiro atoms. The van der Waals surface area contributed by atoms with E-state index in [4.69, 9.17) is 13.6 Å². The van der Waals surface area contributed by atoms with Gasteiger partial charge in [-0.25, -0.2) is 9.79 Å². The Labute approximate surface area is 96.0 Å². The molecule has 0 aliphatic carbocycles. The van der Waals surface area contributed by atoms with E-state index in [2.05, 4.69) is 4.99 Å². The summed E-state index contributed by atoms with van der Waals surface area (Å²) in [6, 6.07) is 6.81. The highest BCUT2D eigenvalue weighted by atomic mass is 16.6. The molecule has 5 heteroatoms. The van der Waals surface area contributed by atoms with Gasteiger partial charge in [0.25, 0.3) is 5.90 Å². The van der Waals surface area contributed by atoms with Crippen LogP contribution in [0.25, 0.3) is 6.08 Å². The highest BCUT2D eigenvalue weighted by Gasteiger charge is 2.25. The Morgan fingerprint density at radius 1 is 1.12 bits per heavy atom. The van der Waals surface area contributed by atoms with Gasteiger partial charge < -0.3 is 13.6 Å². The Bertz CT molecular complexity index is 591. The van der Waals surface area contributed by atoms with E-state index in [-0.39, 0.29) is 11.6 Å². The number of rotatable bonds is 2. The molecule has 0 radical (unpaired) electrons. The number of furan rings is 2. The lowest BCUT2D eigenvalue weighted by Crippen LogP contribution is -2.04. The number of ether oxygens (including phenoxy) is 1. The molecule has 0 saturated heterocycles. The van der Waals surface area contributed by atoms with E-state index in [9.17, 15) is 4.79 Å². The van der Waals surface area contributed by atoms with Gasteiger partial charge in [-0.05, 0) is 24.3 Å². The van der Waals surface area contributed by atoms with Gasteiger partial charge in [0.05, 0.1) is 12.5 Å². The predicted molar refractivity (Wildman–Crippen MR) is 58.0 cm³/mol. The molecule has 0 bridgehead atoms. The minimum atomic E-state index is -0.521. The lowest BCUT2D eigenvalue weighted by Gasteiger charge is -1.91. The van der Waals surface area contributed by atoms with Crippen molar-refractivity contribution in [2.75, 3.05) is 0 Å². The molecule has 1 aliphatic heterocycles. The fourth-order valence-electron chi connectivity index (χ4n) is 1.42. The van der Waals surface area contributed by atoms with E-state index in [0.717, 1.165) is 0 Å². The molecule has 0 atom stereocenters. The maximum Gasteiger partial charge on any atom is 0.364 e. The molecule has 84 valence electrons. The van der Waals surface area contributed by atoms with Gasteiger partial charge in [-0.2, -0.15) is 0 Å². The zero-order valence-corrected chi connectivity index (χ0v) is 8.62. The van der Waals surface area contributed by atoms with Gasteiger partial charge in [-0.3, -0.25) is 0 Å². The molecule has 3 rings (SSSR count). The van der Waals surface area contributed by atoms with E-state index in [1.165, 1.54) is 18.6 Å². The first-order valence-electron chi connectivity index (χ1n) is 4.93. The van der Waals surface area contributed by atoms with Gasteiger partial charge in [0, 0.05) is 6.08 Å². The number of aliphatic imine (C=N–C) groups is 1. The van der Waals surface area contributed by atoms with Crippen LogP contribution in [0.3, 0.4) is 0 Å². The third kappa shape index (κ3) is 1.78. The monoisotopic (exact) mass is 229 g/mol. The van der Waals surface area contributed by atoms with Crippen LogP contribution in [0, 0.1) is 0 Å². The van der Waals surface area contributed by atoms with Crippen LogP contribution in [0.2, 0.25) is 0 Å². The van der Waals surface area contributed by atoms with Crippen LogP contribution in [0.4, 0.5) is 0 Å². The molecule has 5 nitrogen and oxygen atoms in total. The maximum absolute atomic E-state index is 11.5. The number of cyclic esters (lactones) is 1. The van der Waals surface area contributed by atoms with E-state index in [1.807, 2.05) is 0 Å². The predicted octanol–water partition coefficient (Wildman–Crippen LogP) is 2.22. The van der Waals surface area contributed by atoms with Crippen LogP contribution in [0.5, 0.6) is 0 Å². The second-order valence-corrected chi connectivity index (χ2v) is 3.33. The third-order valence-corrected chi connectivity index (χ3v) is 2.17. The number of hydrogen-bond donors (Lipinski definition) is 0. The van der Waals surface area contributed by atoms with Crippen molar-refractivity contribution >= 4 is 17.9 Å². The standard InChI is InChI=1S/C12H7NO4/c14-12-9(7-8-3-1-5-15-8)13-11(17-12)10-4-2-6-16-10/h1-7H/b9-7-. The highest BCUT2D eigenvalue weighted by molar-refractivity contribution is 6.11. The number of hydrogen-bond acceptors (Lipinski definition) is 5. The Balaban J connectivity index is 1.95. The first kappa shape index (κ1) is 9.65. The molecule has 1 aliphatic rings. The Kier molecular flexibility index (Phi) is 2.15. The van der Waals surface area contributed by atoms with Gasteiger partial charge in [0.1, 0.15) is 5.76 Å². The quantitative estimate of drug-likeness (QED) is 0.585. The summed E-state index contributed by atoms with van der Waals surface area (Å²) in [6.45, 7) is 0. The van der Waals surface area contributed by atoms with Crippen molar-refractivity contribution < 1.29 is 18.4 Å². The second-order valence-electron chi connectivity index (χ2n) is 3.33. The van der Waals surface area contributed by atoms with Gasteiger partial charge in [0.15, 0.2) is 11.5 Å². The summed E-state index contributed by atoms with van der Waals surface area (Å²) in [5.41, 5.74) is 0.186. The summed E-state index contributed by atoms with van der Waals surface area (Å²) in [5.74, 6) is 0.605. The zero-order valence-electron chi connectivity index (χ0n) is 8.62. The molecule has 17 heavy (non-hydrogen) atoms. The second kappa shape index (κ2) is 3.79. The third-order valence-electron chi connectivity index (χ3n) is 2.17. The van der Waals surface area contributed by atoms with Crippen molar-refractivity contribution in [1.29, 1.82) is 0 Å². The smallest absolute Gasteiger partial charge is 0.364 e. The van der Waals surface area contributed by atoms with Crippen LogP contribution in [-0.4, -0.2) is 11.9 Å². The summed E-state index contributed by atoms with van der Waals surface area (Å²) in [5, 5.41) is 0. The van der Waals surface area contributed by atoms with E-state index < -0.39 is 5.97 Å². The fraction of sp³-hybridized carbons (Fsp3) is 0. The topological polar surface area (TPSA) is 64.9 Å². The molecule has 0 unspecified atom stereocenters. The molecule has 0 N–H and O–H groups in total. The van der Waals surface area contributed by atoms with Crippen molar-refractivity contribution in [2.45, 2.75) is 0 Å². The van der Waals surface area contributed by atoms with Gasteiger partial charge >= 0.3 is 5.97 Å².